The highest BCUT2D eigenvalue weighted by atomic mass is 79.9. The number of rotatable bonds is 2. The van der Waals surface area contributed by atoms with Crippen molar-refractivity contribution in [3.63, 3.8) is 0 Å². The molecule has 14 heavy (non-hydrogen) atoms. The molecule has 0 unspecified atom stereocenters. The molecule has 72 valence electrons. The summed E-state index contributed by atoms with van der Waals surface area (Å²) < 4.78 is 1.07. The molecule has 2 N–H and O–H groups in total. The molecule has 0 bridgehead atoms. The van der Waals surface area contributed by atoms with Crippen LogP contribution < -0.4 is 5.73 Å². The molecule has 0 saturated heterocycles. The van der Waals surface area contributed by atoms with Gasteiger partial charge in [-0.1, -0.05) is 28.1 Å². The van der Waals surface area contributed by atoms with Crippen molar-refractivity contribution in [1.29, 1.82) is 0 Å². The Balaban J connectivity index is 2.44. The van der Waals surface area contributed by atoms with Gasteiger partial charge in [0.1, 0.15) is 0 Å². The van der Waals surface area contributed by atoms with E-state index in [1.807, 2.05) is 29.8 Å². The van der Waals surface area contributed by atoms with Crippen molar-refractivity contribution in [2.45, 2.75) is 6.54 Å². The van der Waals surface area contributed by atoms with Crippen LogP contribution in [-0.4, -0.2) is 4.98 Å². The summed E-state index contributed by atoms with van der Waals surface area (Å²) >= 11 is 5.00. The van der Waals surface area contributed by atoms with E-state index in [9.17, 15) is 0 Å². The first-order chi connectivity index (χ1) is 6.81. The van der Waals surface area contributed by atoms with Crippen LogP contribution in [0.15, 0.2) is 34.2 Å². The molecule has 0 amide bonds. The summed E-state index contributed by atoms with van der Waals surface area (Å²) in [6, 6.07) is 8.10. The van der Waals surface area contributed by atoms with Crippen LogP contribution in [0.1, 0.15) is 4.88 Å². The Morgan fingerprint density at radius 1 is 1.29 bits per heavy atom. The molecule has 1 aromatic carbocycles. The number of nitrogens with two attached hydrogens (primary N) is 1. The molecule has 0 aliphatic carbocycles. The molecule has 0 radical (unpaired) electrons. The van der Waals surface area contributed by atoms with Crippen molar-refractivity contribution in [3.8, 4) is 11.3 Å². The zero-order chi connectivity index (χ0) is 9.97. The van der Waals surface area contributed by atoms with Crippen LogP contribution in [0.5, 0.6) is 0 Å². The van der Waals surface area contributed by atoms with Gasteiger partial charge in [0.05, 0.1) is 11.2 Å². The SMILES string of the molecule is NCc1scnc1-c1ccc(Br)cc1. The molecule has 1 aromatic heterocycles. The smallest absolute Gasteiger partial charge is 0.0856 e. The van der Waals surface area contributed by atoms with Crippen LogP contribution in [0.2, 0.25) is 0 Å². The summed E-state index contributed by atoms with van der Waals surface area (Å²) in [5, 5.41) is 0. The Hall–Kier alpha value is -0.710. The van der Waals surface area contributed by atoms with E-state index in [2.05, 4.69) is 20.9 Å². The first-order valence-corrected chi connectivity index (χ1v) is 5.87. The highest BCUT2D eigenvalue weighted by Gasteiger charge is 2.06. The van der Waals surface area contributed by atoms with E-state index in [-0.39, 0.29) is 0 Å². The van der Waals surface area contributed by atoms with E-state index in [1.54, 1.807) is 11.3 Å². The van der Waals surface area contributed by atoms with Gasteiger partial charge >= 0.3 is 0 Å². The minimum absolute atomic E-state index is 0.552. The minimum Gasteiger partial charge on any atom is -0.326 e. The second-order valence-electron chi connectivity index (χ2n) is 2.84. The molecular weight excluding hydrogens is 260 g/mol. The Bertz CT molecular complexity index is 422. The lowest BCUT2D eigenvalue weighted by Gasteiger charge is -1.99. The van der Waals surface area contributed by atoms with Crippen molar-refractivity contribution in [2.75, 3.05) is 0 Å². The Morgan fingerprint density at radius 2 is 2.00 bits per heavy atom. The van der Waals surface area contributed by atoms with Gasteiger partial charge in [-0.2, -0.15) is 0 Å². The van der Waals surface area contributed by atoms with Crippen LogP contribution in [0.3, 0.4) is 0 Å². The average Bonchev–Trinajstić information content (AvgIpc) is 2.67. The first kappa shape index (κ1) is 9.83. The fraction of sp³-hybridized carbons (Fsp3) is 0.100. The minimum atomic E-state index is 0.552. The molecule has 0 atom stereocenters. The molecule has 4 heteroatoms. The van der Waals surface area contributed by atoms with Crippen LogP contribution in [0.4, 0.5) is 0 Å². The molecule has 0 fully saturated rings. The van der Waals surface area contributed by atoms with E-state index in [0.717, 1.165) is 20.6 Å². The molecule has 1 heterocycles. The largest absolute Gasteiger partial charge is 0.326 e. The number of benzene rings is 1. The topological polar surface area (TPSA) is 38.9 Å². The van der Waals surface area contributed by atoms with E-state index in [4.69, 9.17) is 5.73 Å². The van der Waals surface area contributed by atoms with Crippen molar-refractivity contribution in [2.24, 2.45) is 5.73 Å². The van der Waals surface area contributed by atoms with Crippen LogP contribution >= 0.6 is 27.3 Å². The highest BCUT2D eigenvalue weighted by Crippen LogP contribution is 2.26. The molecule has 2 rings (SSSR count). The second kappa shape index (κ2) is 4.21. The summed E-state index contributed by atoms with van der Waals surface area (Å²) in [5.74, 6) is 0. The normalized spacial score (nSPS) is 10.4. The third-order valence-corrected chi connectivity index (χ3v) is 3.33. The van der Waals surface area contributed by atoms with Crippen LogP contribution in [0.25, 0.3) is 11.3 Å². The maximum atomic E-state index is 5.62. The van der Waals surface area contributed by atoms with Crippen LogP contribution in [0, 0.1) is 0 Å². The highest BCUT2D eigenvalue weighted by molar-refractivity contribution is 9.10. The summed E-state index contributed by atoms with van der Waals surface area (Å²) in [6.07, 6.45) is 0. The molecule has 0 aliphatic heterocycles. The number of aromatic nitrogens is 1. The van der Waals surface area contributed by atoms with E-state index < -0.39 is 0 Å². The number of hydrogen-bond donors (Lipinski definition) is 1. The van der Waals surface area contributed by atoms with Crippen molar-refractivity contribution < 1.29 is 0 Å². The maximum absolute atomic E-state index is 5.62. The fourth-order valence-electron chi connectivity index (χ4n) is 1.26. The summed E-state index contributed by atoms with van der Waals surface area (Å²) in [4.78, 5) is 5.44. The van der Waals surface area contributed by atoms with Gasteiger partial charge in [0.2, 0.25) is 0 Å². The number of thiazole rings is 1. The average molecular weight is 269 g/mol. The van der Waals surface area contributed by atoms with E-state index in [0.29, 0.717) is 6.54 Å². The quantitative estimate of drug-likeness (QED) is 0.910. The summed E-state index contributed by atoms with van der Waals surface area (Å²) in [6.45, 7) is 0.552. The van der Waals surface area contributed by atoms with Gasteiger partial charge in [-0.25, -0.2) is 4.98 Å². The van der Waals surface area contributed by atoms with Gasteiger partial charge in [0.15, 0.2) is 0 Å². The Kier molecular flexibility index (Phi) is 2.96. The molecule has 0 spiro atoms. The third kappa shape index (κ3) is 1.87. The molecule has 2 nitrogen and oxygen atoms in total. The lowest BCUT2D eigenvalue weighted by Crippen LogP contribution is -1.95. The van der Waals surface area contributed by atoms with Crippen molar-refractivity contribution in [3.05, 3.63) is 39.1 Å². The van der Waals surface area contributed by atoms with Gasteiger partial charge in [0.25, 0.3) is 0 Å². The molecule has 0 aliphatic rings. The van der Waals surface area contributed by atoms with Crippen molar-refractivity contribution in [1.82, 2.24) is 4.98 Å². The number of halogens is 1. The van der Waals surface area contributed by atoms with Crippen LogP contribution in [-0.2, 0) is 6.54 Å². The first-order valence-electron chi connectivity index (χ1n) is 4.19. The van der Waals surface area contributed by atoms with Gasteiger partial charge < -0.3 is 5.73 Å². The Morgan fingerprint density at radius 3 is 2.64 bits per heavy atom. The summed E-state index contributed by atoms with van der Waals surface area (Å²) in [5.41, 5.74) is 9.58. The zero-order valence-electron chi connectivity index (χ0n) is 7.40. The lowest BCUT2D eigenvalue weighted by atomic mass is 10.1. The summed E-state index contributed by atoms with van der Waals surface area (Å²) in [7, 11) is 0. The number of nitrogens with zero attached hydrogens (tertiary/aromatic N) is 1. The van der Waals surface area contributed by atoms with E-state index >= 15 is 0 Å². The second-order valence-corrected chi connectivity index (χ2v) is 4.69. The van der Waals surface area contributed by atoms with Gasteiger partial charge in [-0.3, -0.25) is 0 Å². The van der Waals surface area contributed by atoms with Gasteiger partial charge in [0, 0.05) is 21.5 Å². The van der Waals surface area contributed by atoms with Crippen molar-refractivity contribution >= 4 is 27.3 Å². The van der Waals surface area contributed by atoms with Gasteiger partial charge in [-0.05, 0) is 12.1 Å². The standard InChI is InChI=1S/C10H9BrN2S/c11-8-3-1-7(2-4-8)10-9(5-12)14-6-13-10/h1-4,6H,5,12H2. The fourth-order valence-corrected chi connectivity index (χ4v) is 2.19. The predicted octanol–water partition coefficient (Wildman–Crippen LogP) is 3.03. The monoisotopic (exact) mass is 268 g/mol. The zero-order valence-corrected chi connectivity index (χ0v) is 9.81. The molecule has 0 saturated carbocycles. The number of hydrogen-bond acceptors (Lipinski definition) is 3. The predicted molar refractivity (Wildman–Crippen MR) is 63.1 cm³/mol. The lowest BCUT2D eigenvalue weighted by molar-refractivity contribution is 1.10. The molecule has 2 aromatic rings. The molecular formula is C10H9BrN2S. The van der Waals surface area contributed by atoms with Gasteiger partial charge in [-0.15, -0.1) is 11.3 Å². The van der Waals surface area contributed by atoms with E-state index in [1.165, 1.54) is 0 Å². The third-order valence-electron chi connectivity index (χ3n) is 1.94. The Labute approximate surface area is 94.9 Å². The maximum Gasteiger partial charge on any atom is 0.0856 e.